The van der Waals surface area contributed by atoms with Gasteiger partial charge in [0, 0.05) is 66.7 Å². The van der Waals surface area contributed by atoms with Crippen LogP contribution < -0.4 is 0 Å². The maximum atomic E-state index is 4.82. The van der Waals surface area contributed by atoms with Crippen LogP contribution in [0.1, 0.15) is 22.3 Å². The third-order valence-corrected chi connectivity index (χ3v) is 7.82. The summed E-state index contributed by atoms with van der Waals surface area (Å²) in [5.74, 6) is 0. The van der Waals surface area contributed by atoms with Gasteiger partial charge in [-0.3, -0.25) is 20.0 Å². The number of benzene rings is 5. The molecule has 5 rings (SSSR count). The molecule has 0 atom stereocenters. The van der Waals surface area contributed by atoms with E-state index in [1.807, 2.05) is 109 Å². The lowest BCUT2D eigenvalue weighted by Gasteiger charge is -2.08. The van der Waals surface area contributed by atoms with Gasteiger partial charge in [0.2, 0.25) is 0 Å². The Morgan fingerprint density at radius 1 is 0.333 bits per heavy atom. The Hall–Kier alpha value is -3.82. The molecule has 5 aromatic carbocycles. The Kier molecular flexibility index (Phi) is 10.2. The van der Waals surface area contributed by atoms with Gasteiger partial charge in [0.1, 0.15) is 0 Å². The zero-order chi connectivity index (χ0) is 29.3. The monoisotopic (exact) mass is 618 g/mol. The molecule has 0 radical (unpaired) electrons. The van der Waals surface area contributed by atoms with Gasteiger partial charge in [-0.25, -0.2) is 0 Å². The Labute approximate surface area is 267 Å². The minimum Gasteiger partial charge on any atom is -0.254 e. The Balaban J connectivity index is 1.66. The quantitative estimate of drug-likeness (QED) is 0.0989. The Morgan fingerprint density at radius 2 is 0.548 bits per heavy atom. The number of hydrogen-bond acceptors (Lipinski definition) is 8. The fourth-order valence-corrected chi connectivity index (χ4v) is 4.78. The maximum Gasteiger partial charge on any atom is 0.0909 e. The van der Waals surface area contributed by atoms with Crippen LogP contribution in [-0.2, 0) is 0 Å². The summed E-state index contributed by atoms with van der Waals surface area (Å²) in [5.41, 5.74) is 6.05. The predicted molar refractivity (Wildman–Crippen MR) is 190 cm³/mol. The van der Waals surface area contributed by atoms with E-state index in [0.29, 0.717) is 22.7 Å². The second-order valence-electron chi connectivity index (χ2n) is 9.10. The molecule has 42 heavy (non-hydrogen) atoms. The van der Waals surface area contributed by atoms with Crippen molar-refractivity contribution in [1.82, 2.24) is 0 Å². The molecule has 0 aliphatic carbocycles. The SMILES string of the molecule is Sc1ccccc1C=Nc1cc(N=Cc2ccccc2S)c(N=Cc2ccccc2S)cc1N=Cc1ccccc1S. The third-order valence-electron chi connectivity index (χ3n) is 6.19. The van der Waals surface area contributed by atoms with Gasteiger partial charge in [-0.2, -0.15) is 0 Å². The second kappa shape index (κ2) is 14.4. The highest BCUT2D eigenvalue weighted by molar-refractivity contribution is 7.81. The van der Waals surface area contributed by atoms with Crippen LogP contribution in [0.25, 0.3) is 0 Å². The van der Waals surface area contributed by atoms with E-state index in [9.17, 15) is 0 Å². The van der Waals surface area contributed by atoms with Crippen molar-refractivity contribution in [3.8, 4) is 0 Å². The van der Waals surface area contributed by atoms with Gasteiger partial charge in [-0.1, -0.05) is 72.8 Å². The van der Waals surface area contributed by atoms with Crippen molar-refractivity contribution in [1.29, 1.82) is 0 Å². The molecular formula is C34H26N4S4. The fraction of sp³-hybridized carbons (Fsp3) is 0. The van der Waals surface area contributed by atoms with Crippen molar-refractivity contribution in [2.24, 2.45) is 20.0 Å². The van der Waals surface area contributed by atoms with Crippen molar-refractivity contribution in [2.75, 3.05) is 0 Å². The molecule has 0 fully saturated rings. The molecule has 0 saturated carbocycles. The first-order chi connectivity index (χ1) is 20.5. The van der Waals surface area contributed by atoms with E-state index in [1.54, 1.807) is 24.9 Å². The lowest BCUT2D eigenvalue weighted by Crippen LogP contribution is -1.86. The van der Waals surface area contributed by atoms with E-state index in [-0.39, 0.29) is 0 Å². The van der Waals surface area contributed by atoms with Gasteiger partial charge in [0.25, 0.3) is 0 Å². The smallest absolute Gasteiger partial charge is 0.0909 e. The van der Waals surface area contributed by atoms with E-state index >= 15 is 0 Å². The molecule has 0 spiro atoms. The van der Waals surface area contributed by atoms with Crippen molar-refractivity contribution in [3.63, 3.8) is 0 Å². The summed E-state index contributed by atoms with van der Waals surface area (Å²) < 4.78 is 0. The van der Waals surface area contributed by atoms with E-state index < -0.39 is 0 Å². The number of thiol groups is 4. The topological polar surface area (TPSA) is 49.4 Å². The molecule has 0 aliphatic rings. The minimum absolute atomic E-state index is 0.624. The predicted octanol–water partition coefficient (Wildman–Crippen LogP) is 9.84. The number of rotatable bonds is 8. The summed E-state index contributed by atoms with van der Waals surface area (Å²) in [4.78, 5) is 22.6. The summed E-state index contributed by atoms with van der Waals surface area (Å²) in [6, 6.07) is 34.9. The Bertz CT molecular complexity index is 1580. The zero-order valence-corrected chi connectivity index (χ0v) is 25.9. The van der Waals surface area contributed by atoms with Gasteiger partial charge in [-0.05, 0) is 36.4 Å². The van der Waals surface area contributed by atoms with Gasteiger partial charge < -0.3 is 0 Å². The lowest BCUT2D eigenvalue weighted by atomic mass is 10.2. The van der Waals surface area contributed by atoms with Gasteiger partial charge in [0.05, 0.1) is 22.7 Å². The van der Waals surface area contributed by atoms with Crippen molar-refractivity contribution in [2.45, 2.75) is 19.6 Å². The average Bonchev–Trinajstić information content (AvgIpc) is 3.00. The normalized spacial score (nSPS) is 11.9. The first-order valence-corrected chi connectivity index (χ1v) is 14.7. The molecule has 0 aliphatic heterocycles. The molecule has 0 saturated heterocycles. The van der Waals surface area contributed by atoms with E-state index in [2.05, 4.69) is 50.5 Å². The van der Waals surface area contributed by atoms with Crippen molar-refractivity contribution in [3.05, 3.63) is 131 Å². The summed E-state index contributed by atoms with van der Waals surface area (Å²) in [5, 5.41) is 0. The highest BCUT2D eigenvalue weighted by atomic mass is 32.1. The highest BCUT2D eigenvalue weighted by Gasteiger charge is 2.10. The molecule has 0 unspecified atom stereocenters. The maximum absolute atomic E-state index is 4.82. The molecule has 4 nitrogen and oxygen atoms in total. The molecule has 0 aromatic heterocycles. The number of hydrogen-bond donors (Lipinski definition) is 4. The first-order valence-electron chi connectivity index (χ1n) is 12.9. The van der Waals surface area contributed by atoms with Crippen LogP contribution in [0.15, 0.2) is 149 Å². The zero-order valence-electron chi connectivity index (χ0n) is 22.3. The summed E-state index contributed by atoms with van der Waals surface area (Å²) >= 11 is 18.3. The fourth-order valence-electron chi connectivity index (χ4n) is 3.91. The number of aliphatic imine (C=N–C) groups is 4. The summed E-state index contributed by atoms with van der Waals surface area (Å²) in [6.07, 6.45) is 7.11. The van der Waals surface area contributed by atoms with Gasteiger partial charge in [-0.15, -0.1) is 50.5 Å². The van der Waals surface area contributed by atoms with Crippen molar-refractivity contribution < 1.29 is 0 Å². The van der Waals surface area contributed by atoms with E-state index in [0.717, 1.165) is 41.8 Å². The van der Waals surface area contributed by atoms with Crippen LogP contribution in [0, 0.1) is 0 Å². The molecule has 0 bridgehead atoms. The van der Waals surface area contributed by atoms with Crippen LogP contribution in [0.5, 0.6) is 0 Å². The average molecular weight is 619 g/mol. The standard InChI is InChI=1S/C34H26N4S4/c39-31-13-5-1-9-23(31)19-35-27-17-29(37-21-25-11-3-7-15-33(25)41)30(38-22-26-12-4-8-16-34(26)42)18-28(27)36-20-24-10-2-6-14-32(24)40/h1-22,39-42H. The molecule has 0 amide bonds. The van der Waals surface area contributed by atoms with Crippen LogP contribution in [0.4, 0.5) is 22.7 Å². The van der Waals surface area contributed by atoms with Crippen LogP contribution in [0.3, 0.4) is 0 Å². The van der Waals surface area contributed by atoms with Crippen LogP contribution in [-0.4, -0.2) is 24.9 Å². The third kappa shape index (κ3) is 7.72. The van der Waals surface area contributed by atoms with Crippen LogP contribution >= 0.6 is 50.5 Å². The van der Waals surface area contributed by atoms with Gasteiger partial charge in [0.15, 0.2) is 0 Å². The summed E-state index contributed by atoms with van der Waals surface area (Å²) in [6.45, 7) is 0. The molecule has 0 N–H and O–H groups in total. The molecule has 8 heteroatoms. The first kappa shape index (κ1) is 29.7. The van der Waals surface area contributed by atoms with E-state index in [4.69, 9.17) is 20.0 Å². The summed E-state index contributed by atoms with van der Waals surface area (Å²) in [7, 11) is 0. The van der Waals surface area contributed by atoms with E-state index in [1.165, 1.54) is 0 Å². The Morgan fingerprint density at radius 3 is 0.762 bits per heavy atom. The minimum atomic E-state index is 0.624. The molecular weight excluding hydrogens is 593 g/mol. The largest absolute Gasteiger partial charge is 0.254 e. The van der Waals surface area contributed by atoms with Crippen LogP contribution in [0.2, 0.25) is 0 Å². The van der Waals surface area contributed by atoms with Gasteiger partial charge >= 0.3 is 0 Å². The second-order valence-corrected chi connectivity index (χ2v) is 11.0. The highest BCUT2D eigenvalue weighted by Crippen LogP contribution is 2.40. The van der Waals surface area contributed by atoms with Crippen molar-refractivity contribution >= 4 is 98.1 Å². The molecule has 0 heterocycles. The lowest BCUT2D eigenvalue weighted by molar-refractivity contribution is 1.37. The number of nitrogens with zero attached hydrogens (tertiary/aromatic N) is 4. The molecule has 206 valence electrons. The molecule has 5 aromatic rings.